The summed E-state index contributed by atoms with van der Waals surface area (Å²) in [6.45, 7) is 4.60. The Morgan fingerprint density at radius 2 is 0.949 bits per heavy atom. The summed E-state index contributed by atoms with van der Waals surface area (Å²) < 4.78 is 17.3. The van der Waals surface area contributed by atoms with Gasteiger partial charge in [0.1, 0.15) is 6.61 Å². The van der Waals surface area contributed by atoms with Crippen LogP contribution >= 0.6 is 0 Å². The number of likely N-dealkylation sites (N-methyl/N-ethyl adjacent to an activating group) is 1. The summed E-state index contributed by atoms with van der Waals surface area (Å²) in [5.74, 6) is -1.48. The number of rotatable bonds is 43. The van der Waals surface area contributed by atoms with E-state index in [1.54, 1.807) is 0 Å². The number of nitrogens with zero attached hydrogens (tertiary/aromatic N) is 1. The van der Waals surface area contributed by atoms with Crippen molar-refractivity contribution in [3.8, 4) is 0 Å². The van der Waals surface area contributed by atoms with E-state index in [0.717, 1.165) is 70.6 Å². The molecule has 8 heteroatoms. The molecule has 0 aliphatic heterocycles. The average molecular weight is 831 g/mol. The molecule has 0 aliphatic rings. The highest BCUT2D eigenvalue weighted by Crippen LogP contribution is 2.15. The van der Waals surface area contributed by atoms with Crippen molar-refractivity contribution in [1.29, 1.82) is 0 Å². The van der Waals surface area contributed by atoms with Gasteiger partial charge in [-0.05, 0) is 70.6 Å². The van der Waals surface area contributed by atoms with Crippen LogP contribution in [0.5, 0.6) is 0 Å². The molecule has 0 saturated carbocycles. The van der Waals surface area contributed by atoms with Crippen molar-refractivity contribution in [3.05, 3.63) is 48.6 Å². The maximum Gasteiger partial charge on any atom is 0.362 e. The first-order chi connectivity index (χ1) is 28.6. The smallest absolute Gasteiger partial charge is 0.362 e. The highest BCUT2D eigenvalue weighted by atomic mass is 16.6. The van der Waals surface area contributed by atoms with Gasteiger partial charge in [-0.3, -0.25) is 9.59 Å². The molecule has 0 saturated heterocycles. The Hall–Kier alpha value is -2.71. The fourth-order valence-electron chi connectivity index (χ4n) is 6.98. The summed E-state index contributed by atoms with van der Waals surface area (Å²) in [4.78, 5) is 37.0. The Bertz CT molecular complexity index is 1110. The van der Waals surface area contributed by atoms with Gasteiger partial charge in [0.15, 0.2) is 12.1 Å². The Labute approximate surface area is 363 Å². The number of carbonyl (C=O) groups excluding carboxylic acids is 2. The SMILES string of the molecule is CC/C=C/C/C=C/C/C=C/CCCCCCCCCCCCCCCC(=O)OC(COCCC(C(=O)O)[N+](C)(C)C)COC(=O)CCCCCCC/C=C/CCCCC. The minimum atomic E-state index is -0.876. The molecule has 8 nitrogen and oxygen atoms in total. The third-order valence-electron chi connectivity index (χ3n) is 10.7. The van der Waals surface area contributed by atoms with E-state index in [-0.39, 0.29) is 36.2 Å². The zero-order valence-electron chi connectivity index (χ0n) is 39.0. The standard InChI is InChI=1S/C51H91NO7/c1-6-8-10-12-14-16-18-20-21-22-23-24-25-26-27-28-29-30-32-34-36-38-40-42-50(54)59-47(45-57-44-43-48(51(55)56)52(3,4)5)46-58-49(53)41-39-37-35-33-31-19-17-15-13-11-9-7-2/h8,10,14-17,20-21,47-48H,6-7,9,11-13,18-19,22-46H2,1-5H3/p+1/b10-8+,16-14+,17-15+,21-20+. The second-order valence-electron chi connectivity index (χ2n) is 17.3. The lowest BCUT2D eigenvalue weighted by atomic mass is 10.0. The summed E-state index contributed by atoms with van der Waals surface area (Å²) in [6, 6.07) is -0.616. The molecule has 0 aromatic heterocycles. The van der Waals surface area contributed by atoms with E-state index in [0.29, 0.717) is 19.3 Å². The minimum Gasteiger partial charge on any atom is -0.477 e. The van der Waals surface area contributed by atoms with Crippen molar-refractivity contribution in [2.24, 2.45) is 0 Å². The molecular weight excluding hydrogens is 739 g/mol. The molecule has 0 aromatic carbocycles. The number of hydrogen-bond acceptors (Lipinski definition) is 6. The lowest BCUT2D eigenvalue weighted by Gasteiger charge is -2.31. The van der Waals surface area contributed by atoms with Crippen molar-refractivity contribution in [1.82, 2.24) is 0 Å². The minimum absolute atomic E-state index is 0.0550. The second-order valence-corrected chi connectivity index (χ2v) is 17.3. The zero-order valence-corrected chi connectivity index (χ0v) is 39.0. The topological polar surface area (TPSA) is 99.1 Å². The van der Waals surface area contributed by atoms with Crippen LogP contribution in [-0.4, -0.2) is 80.6 Å². The van der Waals surface area contributed by atoms with E-state index in [2.05, 4.69) is 62.5 Å². The Balaban J connectivity index is 4.21. The lowest BCUT2D eigenvalue weighted by Crippen LogP contribution is -2.50. The van der Waals surface area contributed by atoms with E-state index >= 15 is 0 Å². The molecule has 0 rings (SSSR count). The highest BCUT2D eigenvalue weighted by molar-refractivity contribution is 5.72. The summed E-state index contributed by atoms with van der Waals surface area (Å²) in [6.07, 6.45) is 50.2. The quantitative estimate of drug-likeness (QED) is 0.0283. The van der Waals surface area contributed by atoms with Gasteiger partial charge in [-0.2, -0.15) is 0 Å². The van der Waals surface area contributed by atoms with Crippen LogP contribution in [-0.2, 0) is 28.6 Å². The van der Waals surface area contributed by atoms with Gasteiger partial charge < -0.3 is 23.8 Å². The van der Waals surface area contributed by atoms with Crippen molar-refractivity contribution in [2.75, 3.05) is 41.0 Å². The predicted octanol–water partition coefficient (Wildman–Crippen LogP) is 13.6. The van der Waals surface area contributed by atoms with Crippen molar-refractivity contribution in [2.45, 2.75) is 219 Å². The van der Waals surface area contributed by atoms with Gasteiger partial charge in [-0.25, -0.2) is 4.79 Å². The zero-order chi connectivity index (χ0) is 43.5. The summed E-state index contributed by atoms with van der Waals surface area (Å²) in [7, 11) is 5.53. The Morgan fingerprint density at radius 1 is 0.525 bits per heavy atom. The van der Waals surface area contributed by atoms with Gasteiger partial charge in [-0.15, -0.1) is 0 Å². The Kier molecular flexibility index (Phi) is 40.1. The van der Waals surface area contributed by atoms with Crippen LogP contribution in [0.1, 0.15) is 206 Å². The van der Waals surface area contributed by atoms with Gasteiger partial charge in [0, 0.05) is 19.3 Å². The van der Waals surface area contributed by atoms with E-state index in [1.807, 2.05) is 21.1 Å². The maximum absolute atomic E-state index is 12.8. The van der Waals surface area contributed by atoms with Crippen molar-refractivity contribution >= 4 is 17.9 Å². The predicted molar refractivity (Wildman–Crippen MR) is 248 cm³/mol. The number of hydrogen-bond donors (Lipinski definition) is 1. The normalized spacial score (nSPS) is 13.3. The molecule has 0 aliphatic carbocycles. The number of unbranched alkanes of at least 4 members (excludes halogenated alkanes) is 21. The van der Waals surface area contributed by atoms with Crippen LogP contribution in [0.15, 0.2) is 48.6 Å². The molecule has 0 heterocycles. The van der Waals surface area contributed by atoms with Crippen LogP contribution in [0, 0.1) is 0 Å². The summed E-state index contributed by atoms with van der Waals surface area (Å²) in [5, 5.41) is 9.63. The molecule has 0 spiro atoms. The molecule has 59 heavy (non-hydrogen) atoms. The number of carboxylic acids is 1. The summed E-state index contributed by atoms with van der Waals surface area (Å²) in [5.41, 5.74) is 0. The third-order valence-corrected chi connectivity index (χ3v) is 10.7. The molecule has 2 atom stereocenters. The molecule has 2 unspecified atom stereocenters. The molecule has 342 valence electrons. The number of ether oxygens (including phenoxy) is 3. The fourth-order valence-corrected chi connectivity index (χ4v) is 6.98. The first kappa shape index (κ1) is 56.3. The average Bonchev–Trinajstić information content (AvgIpc) is 3.19. The van der Waals surface area contributed by atoms with Crippen LogP contribution in [0.25, 0.3) is 0 Å². The van der Waals surface area contributed by atoms with Gasteiger partial charge in [0.25, 0.3) is 0 Å². The number of carboxylic acid groups (broad SMARTS) is 1. The van der Waals surface area contributed by atoms with Crippen LogP contribution in [0.3, 0.4) is 0 Å². The first-order valence-electron chi connectivity index (χ1n) is 24.2. The van der Waals surface area contributed by atoms with Crippen LogP contribution < -0.4 is 0 Å². The van der Waals surface area contributed by atoms with E-state index in [9.17, 15) is 19.5 Å². The third kappa shape index (κ3) is 40.5. The fraction of sp³-hybridized carbons (Fsp3) is 0.784. The number of aliphatic carboxylic acids is 1. The van der Waals surface area contributed by atoms with Crippen molar-refractivity contribution < 1.29 is 38.2 Å². The maximum atomic E-state index is 12.8. The Morgan fingerprint density at radius 3 is 1.42 bits per heavy atom. The lowest BCUT2D eigenvalue weighted by molar-refractivity contribution is -0.887. The van der Waals surface area contributed by atoms with Crippen molar-refractivity contribution in [3.63, 3.8) is 0 Å². The second kappa shape index (κ2) is 42.0. The van der Waals surface area contributed by atoms with Gasteiger partial charge in [0.05, 0.1) is 34.4 Å². The molecule has 0 radical (unpaired) electrons. The van der Waals surface area contributed by atoms with Crippen LogP contribution in [0.4, 0.5) is 0 Å². The van der Waals surface area contributed by atoms with Crippen LogP contribution in [0.2, 0.25) is 0 Å². The van der Waals surface area contributed by atoms with E-state index in [1.165, 1.54) is 103 Å². The number of quaternary nitrogens is 1. The monoisotopic (exact) mass is 831 g/mol. The molecule has 1 N–H and O–H groups in total. The molecule has 0 aromatic rings. The van der Waals surface area contributed by atoms with Gasteiger partial charge >= 0.3 is 17.9 Å². The molecular formula is C51H92NO7+. The number of esters is 2. The molecule has 0 amide bonds. The highest BCUT2D eigenvalue weighted by Gasteiger charge is 2.31. The molecule has 0 fully saturated rings. The number of carbonyl (C=O) groups is 3. The molecule has 0 bridgehead atoms. The number of allylic oxidation sites excluding steroid dienone is 8. The van der Waals surface area contributed by atoms with E-state index < -0.39 is 18.1 Å². The first-order valence-corrected chi connectivity index (χ1v) is 24.2. The van der Waals surface area contributed by atoms with E-state index in [4.69, 9.17) is 14.2 Å². The van der Waals surface area contributed by atoms with Gasteiger partial charge in [-0.1, -0.05) is 165 Å². The largest absolute Gasteiger partial charge is 0.477 e. The van der Waals surface area contributed by atoms with Gasteiger partial charge in [0.2, 0.25) is 0 Å². The summed E-state index contributed by atoms with van der Waals surface area (Å²) >= 11 is 0.